The van der Waals surface area contributed by atoms with Crippen molar-refractivity contribution >= 4 is 11.9 Å². The van der Waals surface area contributed by atoms with E-state index in [9.17, 15) is 14.0 Å². The van der Waals surface area contributed by atoms with E-state index in [1.54, 1.807) is 24.3 Å². The Morgan fingerprint density at radius 3 is 2.55 bits per heavy atom. The zero-order chi connectivity index (χ0) is 20.4. The van der Waals surface area contributed by atoms with Gasteiger partial charge in [-0.05, 0) is 35.4 Å². The molecule has 2 aromatic carbocycles. The maximum atomic E-state index is 13.6. The van der Waals surface area contributed by atoms with Crippen molar-refractivity contribution in [3.8, 4) is 11.1 Å². The molecule has 2 atom stereocenters. The Bertz CT molecular complexity index is 919. The number of carbonyl (C=O) groups excluding carboxylic acids is 1. The number of carbonyl (C=O) groups is 2. The number of aliphatic carboxylic acids is 1. The van der Waals surface area contributed by atoms with Crippen molar-refractivity contribution in [2.45, 2.75) is 6.04 Å². The second-order valence-corrected chi connectivity index (χ2v) is 7.69. The number of hydrogen-bond acceptors (Lipinski definition) is 4. The summed E-state index contributed by atoms with van der Waals surface area (Å²) in [7, 11) is 0. The minimum atomic E-state index is -0.869. The highest BCUT2D eigenvalue weighted by Gasteiger charge is 2.36. The lowest BCUT2D eigenvalue weighted by molar-refractivity contribution is -0.138. The van der Waals surface area contributed by atoms with Crippen LogP contribution in [0, 0.1) is 11.7 Å². The largest absolute Gasteiger partial charge is 0.480 e. The van der Waals surface area contributed by atoms with E-state index in [0.717, 1.165) is 5.56 Å². The highest BCUT2D eigenvalue weighted by molar-refractivity contribution is 5.95. The van der Waals surface area contributed by atoms with Crippen LogP contribution >= 0.6 is 0 Å². The van der Waals surface area contributed by atoms with Gasteiger partial charge in [0.05, 0.1) is 25.8 Å². The van der Waals surface area contributed by atoms with Crippen molar-refractivity contribution in [2.24, 2.45) is 5.92 Å². The first kappa shape index (κ1) is 19.5. The maximum Gasteiger partial charge on any atom is 0.317 e. The van der Waals surface area contributed by atoms with Gasteiger partial charge in [0.25, 0.3) is 5.91 Å². The molecule has 1 N–H and O–H groups in total. The van der Waals surface area contributed by atoms with Gasteiger partial charge in [0.15, 0.2) is 0 Å². The van der Waals surface area contributed by atoms with Crippen molar-refractivity contribution in [3.63, 3.8) is 0 Å². The number of carboxylic acid groups (broad SMARTS) is 1. The van der Waals surface area contributed by atoms with Crippen molar-refractivity contribution < 1.29 is 23.8 Å². The molecule has 7 heteroatoms. The first-order valence-corrected chi connectivity index (χ1v) is 9.68. The summed E-state index contributed by atoms with van der Waals surface area (Å²) in [6.07, 6.45) is 0. The van der Waals surface area contributed by atoms with Crippen LogP contribution in [0.4, 0.5) is 4.39 Å². The van der Waals surface area contributed by atoms with Crippen LogP contribution in [0.3, 0.4) is 0 Å². The summed E-state index contributed by atoms with van der Waals surface area (Å²) < 4.78 is 19.3. The molecular formula is C22H23FN2O4. The summed E-state index contributed by atoms with van der Waals surface area (Å²) in [4.78, 5) is 28.2. The summed E-state index contributed by atoms with van der Waals surface area (Å²) in [5, 5.41) is 9.15. The van der Waals surface area contributed by atoms with Crippen LogP contribution in [-0.2, 0) is 9.53 Å². The molecule has 0 spiro atoms. The van der Waals surface area contributed by atoms with Gasteiger partial charge in [-0.3, -0.25) is 14.5 Å². The molecule has 1 amide bonds. The third kappa shape index (κ3) is 4.46. The van der Waals surface area contributed by atoms with Crippen LogP contribution in [0.25, 0.3) is 11.1 Å². The summed E-state index contributed by atoms with van der Waals surface area (Å²) in [5.41, 5.74) is 2.02. The van der Waals surface area contributed by atoms with Crippen LogP contribution in [0.15, 0.2) is 48.5 Å². The third-order valence-electron chi connectivity index (χ3n) is 5.43. The molecule has 6 nitrogen and oxygen atoms in total. The van der Waals surface area contributed by atoms with Crippen molar-refractivity contribution in [2.75, 3.05) is 39.4 Å². The predicted octanol–water partition coefficient (Wildman–Crippen LogP) is 2.35. The third-order valence-corrected chi connectivity index (χ3v) is 5.43. The van der Waals surface area contributed by atoms with Gasteiger partial charge in [-0.15, -0.1) is 0 Å². The highest BCUT2D eigenvalue weighted by Crippen LogP contribution is 2.25. The number of halogens is 1. The molecule has 0 radical (unpaired) electrons. The van der Waals surface area contributed by atoms with Gasteiger partial charge in [-0.1, -0.05) is 24.3 Å². The van der Waals surface area contributed by atoms with E-state index < -0.39 is 5.97 Å². The summed E-state index contributed by atoms with van der Waals surface area (Å²) in [6.45, 7) is 2.46. The van der Waals surface area contributed by atoms with Gasteiger partial charge in [0, 0.05) is 31.1 Å². The number of fused-ring (bicyclic) bond motifs is 3. The van der Waals surface area contributed by atoms with E-state index in [0.29, 0.717) is 44.0 Å². The lowest BCUT2D eigenvalue weighted by atomic mass is 10.0. The number of amides is 1. The van der Waals surface area contributed by atoms with Crippen LogP contribution in [0.1, 0.15) is 10.4 Å². The Hall–Kier alpha value is -2.77. The lowest BCUT2D eigenvalue weighted by Crippen LogP contribution is -2.47. The molecule has 152 valence electrons. The number of rotatable bonds is 4. The number of hydrogen-bond donors (Lipinski definition) is 1. The SMILES string of the molecule is O=C(O)CN1C[C@@H]2COC[C@H](C1)N(C(=O)c1cccc(-c3cccc(F)c3)c1)C2. The molecular weight excluding hydrogens is 375 g/mol. The molecule has 2 aliphatic heterocycles. The average molecular weight is 398 g/mol. The molecule has 2 aliphatic rings. The molecule has 0 saturated carbocycles. The van der Waals surface area contributed by atoms with E-state index in [1.807, 2.05) is 21.9 Å². The first-order valence-electron chi connectivity index (χ1n) is 9.68. The molecule has 2 bridgehead atoms. The lowest BCUT2D eigenvalue weighted by Gasteiger charge is -2.30. The fourth-order valence-electron chi connectivity index (χ4n) is 4.17. The number of benzene rings is 2. The minimum Gasteiger partial charge on any atom is -0.480 e. The second kappa shape index (κ2) is 8.31. The number of carboxylic acids is 1. The van der Waals surface area contributed by atoms with Crippen molar-refractivity contribution in [1.82, 2.24) is 9.80 Å². The predicted molar refractivity (Wildman–Crippen MR) is 105 cm³/mol. The molecule has 2 saturated heterocycles. The second-order valence-electron chi connectivity index (χ2n) is 7.69. The smallest absolute Gasteiger partial charge is 0.317 e. The molecule has 0 aliphatic carbocycles. The number of nitrogens with zero attached hydrogens (tertiary/aromatic N) is 2. The number of ether oxygens (including phenoxy) is 1. The van der Waals surface area contributed by atoms with Gasteiger partial charge in [0.2, 0.25) is 0 Å². The van der Waals surface area contributed by atoms with Gasteiger partial charge < -0.3 is 14.7 Å². The summed E-state index contributed by atoms with van der Waals surface area (Å²) in [6, 6.07) is 13.3. The normalized spacial score (nSPS) is 22.2. The Morgan fingerprint density at radius 2 is 1.79 bits per heavy atom. The van der Waals surface area contributed by atoms with Gasteiger partial charge in [-0.2, -0.15) is 0 Å². The molecule has 0 unspecified atom stereocenters. The molecule has 2 fully saturated rings. The molecule has 0 aromatic heterocycles. The Balaban J connectivity index is 1.59. The quantitative estimate of drug-likeness (QED) is 0.856. The van der Waals surface area contributed by atoms with E-state index in [4.69, 9.17) is 9.84 Å². The maximum absolute atomic E-state index is 13.6. The Morgan fingerprint density at radius 1 is 1.03 bits per heavy atom. The van der Waals surface area contributed by atoms with Gasteiger partial charge in [-0.25, -0.2) is 4.39 Å². The van der Waals surface area contributed by atoms with Crippen molar-refractivity contribution in [1.29, 1.82) is 0 Å². The Labute approximate surface area is 168 Å². The zero-order valence-corrected chi connectivity index (χ0v) is 16.0. The first-order chi connectivity index (χ1) is 14.0. The minimum absolute atomic E-state index is 0.0376. The molecule has 2 aromatic rings. The molecule has 4 rings (SSSR count). The van der Waals surface area contributed by atoms with Crippen LogP contribution < -0.4 is 0 Å². The van der Waals surface area contributed by atoms with E-state index in [1.165, 1.54) is 12.1 Å². The van der Waals surface area contributed by atoms with E-state index in [2.05, 4.69) is 0 Å². The summed E-state index contributed by atoms with van der Waals surface area (Å²) in [5.74, 6) is -1.24. The Kier molecular flexibility index (Phi) is 5.60. The van der Waals surface area contributed by atoms with Crippen LogP contribution in [0.5, 0.6) is 0 Å². The highest BCUT2D eigenvalue weighted by atomic mass is 19.1. The molecule has 2 heterocycles. The monoisotopic (exact) mass is 398 g/mol. The fourth-order valence-corrected chi connectivity index (χ4v) is 4.17. The van der Waals surface area contributed by atoms with Crippen molar-refractivity contribution in [3.05, 3.63) is 59.9 Å². The summed E-state index contributed by atoms with van der Waals surface area (Å²) >= 11 is 0. The standard InChI is InChI=1S/C22H23FN2O4/c23-19-6-2-4-17(8-19)16-3-1-5-18(7-16)22(28)25-10-15-9-24(12-21(26)27)11-20(25)14-29-13-15/h1-8,15,20H,9-14H2,(H,26,27)/t15-,20-/m0/s1. The fraction of sp³-hybridized carbons (Fsp3) is 0.364. The molecule has 29 heavy (non-hydrogen) atoms. The topological polar surface area (TPSA) is 70.1 Å². The van der Waals surface area contributed by atoms with Crippen LogP contribution in [0.2, 0.25) is 0 Å². The van der Waals surface area contributed by atoms with Crippen LogP contribution in [-0.4, -0.2) is 72.2 Å². The van der Waals surface area contributed by atoms with E-state index in [-0.39, 0.29) is 30.2 Å². The average Bonchev–Trinajstić information content (AvgIpc) is 2.98. The van der Waals surface area contributed by atoms with E-state index >= 15 is 0 Å². The van der Waals surface area contributed by atoms with Gasteiger partial charge >= 0.3 is 5.97 Å². The van der Waals surface area contributed by atoms with Gasteiger partial charge in [0.1, 0.15) is 5.82 Å². The zero-order valence-electron chi connectivity index (χ0n) is 16.0.